The average molecular weight is 176 g/mol. The molecule has 0 N–H and O–H groups in total. The van der Waals surface area contributed by atoms with Crippen LogP contribution < -0.4 is 0 Å². The van der Waals surface area contributed by atoms with Crippen molar-refractivity contribution in [2.45, 2.75) is 13.0 Å². The summed E-state index contributed by atoms with van der Waals surface area (Å²) in [6.45, 7) is 1.61. The molecule has 0 amide bonds. The van der Waals surface area contributed by atoms with Gasteiger partial charge in [-0.1, -0.05) is 18.2 Å². The molecule has 1 aliphatic heterocycles. The molecule has 2 aliphatic rings. The van der Waals surface area contributed by atoms with E-state index in [9.17, 15) is 4.79 Å². The van der Waals surface area contributed by atoms with Crippen LogP contribution in [0, 0.1) is 5.92 Å². The van der Waals surface area contributed by atoms with Gasteiger partial charge >= 0.3 is 0 Å². The van der Waals surface area contributed by atoms with E-state index < -0.39 is 0 Å². The van der Waals surface area contributed by atoms with Crippen LogP contribution >= 0.6 is 0 Å². The summed E-state index contributed by atoms with van der Waals surface area (Å²) in [6, 6.07) is 0.240. The Morgan fingerprint density at radius 2 is 2.38 bits per heavy atom. The molecule has 0 aromatic rings. The van der Waals surface area contributed by atoms with Gasteiger partial charge in [-0.15, -0.1) is 0 Å². The average Bonchev–Trinajstić information content (AvgIpc) is 2.48. The summed E-state index contributed by atoms with van der Waals surface area (Å²) in [4.78, 5) is 11.3. The number of Topliss-reactive ketones (excluding diaryl/α,β-unsaturated/α-hetero) is 1. The minimum atomic E-state index is 0.140. The van der Waals surface area contributed by atoms with Gasteiger partial charge in [-0.05, 0) is 6.92 Å². The van der Waals surface area contributed by atoms with Crippen molar-refractivity contribution in [1.29, 1.82) is 0 Å². The van der Waals surface area contributed by atoms with Crippen LogP contribution in [0.15, 0.2) is 28.9 Å². The van der Waals surface area contributed by atoms with Crippen LogP contribution in [0.3, 0.4) is 0 Å². The first-order valence-electron chi connectivity index (χ1n) is 4.36. The second-order valence-corrected chi connectivity index (χ2v) is 3.42. The molecule has 2 rings (SSSR count). The van der Waals surface area contributed by atoms with Gasteiger partial charge in [-0.3, -0.25) is 9.80 Å². The monoisotopic (exact) mass is 176 g/mol. The summed E-state index contributed by atoms with van der Waals surface area (Å²) in [5.74, 6) is 0.300. The van der Waals surface area contributed by atoms with Gasteiger partial charge in [-0.25, -0.2) is 0 Å². The lowest BCUT2D eigenvalue weighted by Gasteiger charge is -2.24. The van der Waals surface area contributed by atoms with Crippen LogP contribution in [-0.4, -0.2) is 30.1 Å². The fourth-order valence-corrected chi connectivity index (χ4v) is 1.82. The Labute approximate surface area is 77.4 Å². The van der Waals surface area contributed by atoms with E-state index in [-0.39, 0.29) is 17.7 Å². The number of carbonyl (C=O) groups is 1. The number of rotatable bonds is 1. The van der Waals surface area contributed by atoms with Crippen LogP contribution in [0.4, 0.5) is 0 Å². The number of allylic oxidation sites excluding steroid dienone is 2. The Morgan fingerprint density at radius 3 is 3.08 bits per heavy atom. The van der Waals surface area contributed by atoms with Crippen molar-refractivity contribution in [3.63, 3.8) is 0 Å². The highest BCUT2D eigenvalue weighted by Crippen LogP contribution is 2.27. The Bertz CT molecular complexity index is 328. The fraction of sp³-hybridized carbons (Fsp3) is 0.400. The van der Waals surface area contributed by atoms with E-state index >= 15 is 0 Å². The lowest BCUT2D eigenvalue weighted by Crippen LogP contribution is -2.31. The number of hydrazone groups is 1. The van der Waals surface area contributed by atoms with Crippen LogP contribution in [-0.2, 0) is 4.79 Å². The first kappa shape index (κ1) is 8.23. The van der Waals surface area contributed by atoms with Crippen molar-refractivity contribution < 1.29 is 4.79 Å². The number of fused-ring (bicyclic) bond motifs is 1. The fourth-order valence-electron chi connectivity index (χ4n) is 1.82. The third-order valence-corrected chi connectivity index (χ3v) is 2.56. The molecule has 13 heavy (non-hydrogen) atoms. The first-order valence-corrected chi connectivity index (χ1v) is 4.36. The van der Waals surface area contributed by atoms with Gasteiger partial charge in [0.2, 0.25) is 0 Å². The minimum Gasteiger partial charge on any atom is -0.295 e. The van der Waals surface area contributed by atoms with Gasteiger partial charge in [0.25, 0.3) is 0 Å². The molecule has 0 fully saturated rings. The molecule has 3 nitrogen and oxygen atoms in total. The van der Waals surface area contributed by atoms with Crippen molar-refractivity contribution in [1.82, 2.24) is 5.01 Å². The van der Waals surface area contributed by atoms with Gasteiger partial charge in [0.1, 0.15) is 0 Å². The molecule has 0 bridgehead atoms. The molecule has 0 saturated carbocycles. The molecule has 0 aromatic heterocycles. The van der Waals surface area contributed by atoms with E-state index in [1.165, 1.54) is 0 Å². The van der Waals surface area contributed by atoms with Crippen LogP contribution in [0.25, 0.3) is 0 Å². The summed E-state index contributed by atoms with van der Waals surface area (Å²) in [6.07, 6.45) is 7.74. The minimum absolute atomic E-state index is 0.140. The standard InChI is InChI=1S/C10H12N2O/c1-7(13)8-4-3-5-10-9(8)6-11-12(10)2/h3-6,9-10H,1-2H3. The van der Waals surface area contributed by atoms with Crippen LogP contribution in [0.5, 0.6) is 0 Å². The van der Waals surface area contributed by atoms with Gasteiger partial charge < -0.3 is 0 Å². The number of hydrogen-bond acceptors (Lipinski definition) is 3. The molecule has 68 valence electrons. The highest BCUT2D eigenvalue weighted by molar-refractivity contribution is 5.98. The topological polar surface area (TPSA) is 32.7 Å². The van der Waals surface area contributed by atoms with Crippen LogP contribution in [0.2, 0.25) is 0 Å². The Hall–Kier alpha value is -1.38. The maximum absolute atomic E-state index is 11.3. The summed E-state index contributed by atoms with van der Waals surface area (Å²) < 4.78 is 0. The lowest BCUT2D eigenvalue weighted by atomic mass is 9.87. The second-order valence-electron chi connectivity index (χ2n) is 3.42. The van der Waals surface area contributed by atoms with E-state index in [0.29, 0.717) is 0 Å². The maximum Gasteiger partial charge on any atom is 0.156 e. The number of likely N-dealkylation sites (N-methyl/N-ethyl adjacent to an activating group) is 1. The molecule has 0 saturated heterocycles. The smallest absolute Gasteiger partial charge is 0.156 e. The summed E-state index contributed by atoms with van der Waals surface area (Å²) >= 11 is 0. The molecule has 1 aliphatic carbocycles. The van der Waals surface area contributed by atoms with Gasteiger partial charge in [0.15, 0.2) is 5.78 Å². The highest BCUT2D eigenvalue weighted by Gasteiger charge is 2.32. The van der Waals surface area contributed by atoms with Crippen molar-refractivity contribution in [2.24, 2.45) is 11.0 Å². The molecular weight excluding hydrogens is 164 g/mol. The molecule has 2 atom stereocenters. The van der Waals surface area contributed by atoms with E-state index in [2.05, 4.69) is 11.2 Å². The molecule has 0 aromatic carbocycles. The number of hydrogen-bond donors (Lipinski definition) is 0. The molecule has 0 spiro atoms. The SMILES string of the molecule is CC(=O)C1=CC=CC2C1C=NN2C. The Balaban J connectivity index is 2.32. The van der Waals surface area contributed by atoms with Crippen molar-refractivity contribution in [3.05, 3.63) is 23.8 Å². The van der Waals surface area contributed by atoms with Crippen molar-refractivity contribution in [2.75, 3.05) is 7.05 Å². The van der Waals surface area contributed by atoms with Crippen molar-refractivity contribution >= 4 is 12.0 Å². The van der Waals surface area contributed by atoms with Crippen molar-refractivity contribution in [3.8, 4) is 0 Å². The summed E-state index contributed by atoms with van der Waals surface area (Å²) in [7, 11) is 1.93. The number of ketones is 1. The predicted molar refractivity (Wildman–Crippen MR) is 51.4 cm³/mol. The number of nitrogens with zero attached hydrogens (tertiary/aromatic N) is 2. The number of carbonyl (C=O) groups excluding carboxylic acids is 1. The molecule has 2 unspecified atom stereocenters. The zero-order chi connectivity index (χ0) is 9.42. The quantitative estimate of drug-likeness (QED) is 0.596. The molecule has 1 heterocycles. The van der Waals surface area contributed by atoms with Crippen LogP contribution in [0.1, 0.15) is 6.92 Å². The highest BCUT2D eigenvalue weighted by atomic mass is 16.1. The van der Waals surface area contributed by atoms with E-state index in [0.717, 1.165) is 5.57 Å². The van der Waals surface area contributed by atoms with E-state index in [4.69, 9.17) is 0 Å². The normalized spacial score (nSPS) is 30.3. The third-order valence-electron chi connectivity index (χ3n) is 2.56. The second kappa shape index (κ2) is 2.83. The maximum atomic E-state index is 11.3. The molecular formula is C10H12N2O. The summed E-state index contributed by atoms with van der Waals surface area (Å²) in [5.41, 5.74) is 0.862. The zero-order valence-electron chi connectivity index (χ0n) is 7.77. The summed E-state index contributed by atoms with van der Waals surface area (Å²) in [5, 5.41) is 6.06. The first-order chi connectivity index (χ1) is 6.20. The van der Waals surface area contributed by atoms with E-state index in [1.807, 2.05) is 30.4 Å². The lowest BCUT2D eigenvalue weighted by molar-refractivity contribution is -0.114. The van der Waals surface area contributed by atoms with E-state index in [1.54, 1.807) is 6.92 Å². The Morgan fingerprint density at radius 1 is 1.62 bits per heavy atom. The largest absolute Gasteiger partial charge is 0.295 e. The Kier molecular flexibility index (Phi) is 1.79. The van der Waals surface area contributed by atoms with Gasteiger partial charge in [-0.2, -0.15) is 5.10 Å². The molecule has 0 radical (unpaired) electrons. The van der Waals surface area contributed by atoms with Gasteiger partial charge in [0, 0.05) is 18.8 Å². The molecule has 3 heteroatoms. The predicted octanol–water partition coefficient (Wildman–Crippen LogP) is 0.988. The third kappa shape index (κ3) is 1.20. The van der Waals surface area contributed by atoms with Gasteiger partial charge in [0.05, 0.1) is 12.0 Å². The zero-order valence-corrected chi connectivity index (χ0v) is 7.77.